The van der Waals surface area contributed by atoms with Crippen LogP contribution >= 0.6 is 34.2 Å². The van der Waals surface area contributed by atoms with Crippen LogP contribution < -0.4 is 9.47 Å². The first-order valence-electron chi connectivity index (χ1n) is 8.80. The molecular weight excluding hydrogens is 493 g/mol. The number of nitrogens with zero attached hydrogens (tertiary/aromatic N) is 1. The van der Waals surface area contributed by atoms with Gasteiger partial charge in [-0.3, -0.25) is 0 Å². The molecule has 0 N–H and O–H groups in total. The van der Waals surface area contributed by atoms with E-state index in [1.807, 2.05) is 24.3 Å². The molecule has 0 saturated carbocycles. The van der Waals surface area contributed by atoms with Crippen molar-refractivity contribution in [3.8, 4) is 11.5 Å². The van der Waals surface area contributed by atoms with Gasteiger partial charge in [0.05, 0.1) is 24.3 Å². The number of unbranched alkanes of at least 4 members (excludes halogenated alkanes) is 1. The number of rotatable bonds is 7. The Balaban J connectivity index is 1.87. The third-order valence-electron chi connectivity index (χ3n) is 4.03. The Morgan fingerprint density at radius 3 is 2.79 bits per heavy atom. The van der Waals surface area contributed by atoms with Crippen LogP contribution in [0.2, 0.25) is 5.02 Å². The fraction of sp³-hybridized carbons (Fsp3) is 0.238. The van der Waals surface area contributed by atoms with E-state index < -0.39 is 5.97 Å². The van der Waals surface area contributed by atoms with Gasteiger partial charge in [0.1, 0.15) is 0 Å². The Labute approximate surface area is 182 Å². The Kier molecular flexibility index (Phi) is 6.96. The summed E-state index contributed by atoms with van der Waals surface area (Å²) in [5.41, 5.74) is 1.54. The lowest BCUT2D eigenvalue weighted by Crippen LogP contribution is -2.06. The molecule has 0 amide bonds. The van der Waals surface area contributed by atoms with Gasteiger partial charge < -0.3 is 14.2 Å². The number of esters is 1. The lowest BCUT2D eigenvalue weighted by atomic mass is 10.1. The highest BCUT2D eigenvalue weighted by Crippen LogP contribution is 2.30. The molecule has 0 radical (unpaired) electrons. The van der Waals surface area contributed by atoms with Crippen molar-refractivity contribution in [2.45, 2.75) is 19.8 Å². The van der Waals surface area contributed by atoms with Gasteiger partial charge in [0, 0.05) is 3.57 Å². The van der Waals surface area contributed by atoms with Crippen LogP contribution in [0, 0.1) is 3.57 Å². The number of aliphatic imine (C=N–C) groups is 1. The molecule has 3 rings (SSSR count). The van der Waals surface area contributed by atoms with Crippen LogP contribution in [0.3, 0.4) is 0 Å². The summed E-state index contributed by atoms with van der Waals surface area (Å²) in [6.45, 7) is 2.73. The number of methoxy groups -OCH3 is 1. The van der Waals surface area contributed by atoms with E-state index in [1.54, 1.807) is 25.3 Å². The summed E-state index contributed by atoms with van der Waals surface area (Å²) in [4.78, 5) is 16.6. The number of ether oxygens (including phenoxy) is 3. The monoisotopic (exact) mass is 511 g/mol. The van der Waals surface area contributed by atoms with Gasteiger partial charge in [0.25, 0.3) is 0 Å². The van der Waals surface area contributed by atoms with Crippen LogP contribution in [0.15, 0.2) is 47.1 Å². The van der Waals surface area contributed by atoms with Crippen LogP contribution in [-0.4, -0.2) is 25.6 Å². The minimum atomic E-state index is -0.521. The normalized spacial score (nSPS) is 14.8. The zero-order valence-corrected chi connectivity index (χ0v) is 18.4. The zero-order valence-electron chi connectivity index (χ0n) is 15.5. The molecule has 0 unspecified atom stereocenters. The Bertz CT molecular complexity index is 955. The van der Waals surface area contributed by atoms with Crippen LogP contribution in [-0.2, 0) is 9.53 Å². The minimum absolute atomic E-state index is 0.200. The first kappa shape index (κ1) is 20.7. The minimum Gasteiger partial charge on any atom is -0.493 e. The van der Waals surface area contributed by atoms with Gasteiger partial charge in [-0.05, 0) is 71.0 Å². The van der Waals surface area contributed by atoms with Gasteiger partial charge >= 0.3 is 5.97 Å². The van der Waals surface area contributed by atoms with Crippen LogP contribution in [0.1, 0.15) is 30.9 Å². The van der Waals surface area contributed by atoms with E-state index in [4.69, 9.17) is 25.8 Å². The first-order chi connectivity index (χ1) is 13.5. The number of halogens is 2. The number of carbonyl (C=O) groups is 1. The average Bonchev–Trinajstić information content (AvgIpc) is 3.05. The molecule has 0 aliphatic carbocycles. The van der Waals surface area contributed by atoms with Crippen LogP contribution in [0.4, 0.5) is 0 Å². The first-order valence-corrected chi connectivity index (χ1v) is 10.3. The molecule has 1 aliphatic rings. The molecule has 0 saturated heterocycles. The van der Waals surface area contributed by atoms with Crippen molar-refractivity contribution in [1.82, 2.24) is 0 Å². The largest absolute Gasteiger partial charge is 0.493 e. The molecular formula is C21H19ClINO4. The van der Waals surface area contributed by atoms with Crippen molar-refractivity contribution in [1.29, 1.82) is 0 Å². The van der Waals surface area contributed by atoms with E-state index in [-0.39, 0.29) is 11.6 Å². The third kappa shape index (κ3) is 4.86. The van der Waals surface area contributed by atoms with Crippen molar-refractivity contribution >= 4 is 52.1 Å². The molecule has 5 nitrogen and oxygen atoms in total. The summed E-state index contributed by atoms with van der Waals surface area (Å²) in [5, 5.41) is 0.475. The second-order valence-electron chi connectivity index (χ2n) is 6.07. The third-order valence-corrected chi connectivity index (χ3v) is 5.03. The Hall–Kier alpha value is -2.06. The van der Waals surface area contributed by atoms with Crippen LogP contribution in [0.25, 0.3) is 6.08 Å². The molecule has 1 aliphatic heterocycles. The van der Waals surface area contributed by atoms with E-state index in [2.05, 4.69) is 34.5 Å². The number of hydrogen-bond acceptors (Lipinski definition) is 5. The highest BCUT2D eigenvalue weighted by Gasteiger charge is 2.26. The van der Waals surface area contributed by atoms with E-state index in [1.165, 1.54) is 0 Å². The van der Waals surface area contributed by atoms with Gasteiger partial charge in [-0.2, -0.15) is 0 Å². The summed E-state index contributed by atoms with van der Waals surface area (Å²) in [5.74, 6) is 0.946. The van der Waals surface area contributed by atoms with Gasteiger partial charge in [-0.15, -0.1) is 0 Å². The van der Waals surface area contributed by atoms with Crippen LogP contribution in [0.5, 0.6) is 11.5 Å². The highest BCUT2D eigenvalue weighted by atomic mass is 127. The Morgan fingerprint density at radius 2 is 2.04 bits per heavy atom. The number of cyclic esters (lactones) is 1. The van der Waals surface area contributed by atoms with E-state index in [9.17, 15) is 4.79 Å². The quantitative estimate of drug-likeness (QED) is 0.214. The molecule has 0 fully saturated rings. The lowest BCUT2D eigenvalue weighted by Gasteiger charge is -2.10. The van der Waals surface area contributed by atoms with Crippen molar-refractivity contribution < 1.29 is 19.0 Å². The van der Waals surface area contributed by atoms with Crippen molar-refractivity contribution in [3.63, 3.8) is 0 Å². The van der Waals surface area contributed by atoms with Gasteiger partial charge in [-0.25, -0.2) is 9.79 Å². The predicted molar refractivity (Wildman–Crippen MR) is 118 cm³/mol. The van der Waals surface area contributed by atoms with Gasteiger partial charge in [0.15, 0.2) is 17.2 Å². The molecule has 28 heavy (non-hydrogen) atoms. The number of hydrogen-bond donors (Lipinski definition) is 0. The summed E-state index contributed by atoms with van der Waals surface area (Å²) < 4.78 is 17.4. The van der Waals surface area contributed by atoms with E-state index in [0.29, 0.717) is 28.7 Å². The molecule has 146 valence electrons. The zero-order chi connectivity index (χ0) is 20.1. The second kappa shape index (κ2) is 9.43. The molecule has 0 atom stereocenters. The second-order valence-corrected chi connectivity index (χ2v) is 7.73. The predicted octanol–water partition coefficient (Wildman–Crippen LogP) is 5.48. The number of carbonyl (C=O) groups excluding carboxylic acids is 1. The Morgan fingerprint density at radius 1 is 1.21 bits per heavy atom. The summed E-state index contributed by atoms with van der Waals surface area (Å²) in [7, 11) is 1.58. The fourth-order valence-corrected chi connectivity index (χ4v) is 3.25. The fourth-order valence-electron chi connectivity index (χ4n) is 2.56. The molecule has 7 heteroatoms. The topological polar surface area (TPSA) is 57.1 Å². The van der Waals surface area contributed by atoms with Crippen molar-refractivity contribution in [2.24, 2.45) is 4.99 Å². The molecule has 0 aromatic heterocycles. The van der Waals surface area contributed by atoms with E-state index in [0.717, 1.165) is 22.0 Å². The van der Waals surface area contributed by atoms with Crippen molar-refractivity contribution in [2.75, 3.05) is 13.7 Å². The smallest absolute Gasteiger partial charge is 0.363 e. The standard InChI is InChI=1S/C21H19ClINO4/c1-3-4-9-27-18-8-5-13(11-19(18)26-2)10-17-21(25)28-20(24-17)15-12-14(23)6-7-16(15)22/h5-8,10-12H,3-4,9H2,1-2H3/b17-10-. The van der Waals surface area contributed by atoms with Crippen molar-refractivity contribution in [3.05, 3.63) is 61.8 Å². The molecule has 2 aromatic carbocycles. The van der Waals surface area contributed by atoms with Gasteiger partial charge in [0.2, 0.25) is 5.90 Å². The molecule has 0 spiro atoms. The molecule has 2 aromatic rings. The maximum Gasteiger partial charge on any atom is 0.363 e. The average molecular weight is 512 g/mol. The highest BCUT2D eigenvalue weighted by molar-refractivity contribution is 14.1. The summed E-state index contributed by atoms with van der Waals surface area (Å²) in [6.07, 6.45) is 3.67. The summed E-state index contributed by atoms with van der Waals surface area (Å²) in [6, 6.07) is 10.9. The maximum absolute atomic E-state index is 12.2. The SMILES string of the molecule is CCCCOc1ccc(/C=C2\N=C(c3cc(I)ccc3Cl)OC2=O)cc1OC. The maximum atomic E-state index is 12.2. The lowest BCUT2D eigenvalue weighted by molar-refractivity contribution is -0.129. The number of benzene rings is 2. The molecule has 0 bridgehead atoms. The van der Waals surface area contributed by atoms with Gasteiger partial charge in [-0.1, -0.05) is 31.0 Å². The molecule has 1 heterocycles. The summed E-state index contributed by atoms with van der Waals surface area (Å²) >= 11 is 8.38. The van der Waals surface area contributed by atoms with E-state index >= 15 is 0 Å².